The average Bonchev–Trinajstić information content (AvgIpc) is 2.83. The van der Waals surface area contributed by atoms with Gasteiger partial charge in [-0.15, -0.1) is 0 Å². The molecule has 0 aromatic heterocycles. The summed E-state index contributed by atoms with van der Waals surface area (Å²) in [5.41, 5.74) is 0. The van der Waals surface area contributed by atoms with Crippen molar-refractivity contribution in [1.82, 2.24) is 0 Å². The van der Waals surface area contributed by atoms with Gasteiger partial charge >= 0.3 is 33.0 Å². The number of hydrogen-bond donors (Lipinski definition) is 0. The van der Waals surface area contributed by atoms with Crippen molar-refractivity contribution in [1.29, 1.82) is 0 Å². The first-order chi connectivity index (χ1) is 15.3. The van der Waals surface area contributed by atoms with Gasteiger partial charge in [0.1, 0.15) is 0 Å². The minimum atomic E-state index is -0.553. The molecule has 0 saturated heterocycles. The van der Waals surface area contributed by atoms with E-state index in [1.165, 1.54) is 21.2 Å². The Morgan fingerprint density at radius 2 is 0.677 bits per heavy atom. The van der Waals surface area contributed by atoms with E-state index in [-0.39, 0.29) is 0 Å². The van der Waals surface area contributed by atoms with Crippen molar-refractivity contribution in [2.75, 3.05) is 0 Å². The van der Waals surface area contributed by atoms with Gasteiger partial charge in [0.25, 0.3) is 0 Å². The predicted molar refractivity (Wildman–Crippen MR) is 139 cm³/mol. The van der Waals surface area contributed by atoms with Crippen LogP contribution in [0.3, 0.4) is 0 Å². The second-order valence-corrected chi connectivity index (χ2v) is 13.3. The summed E-state index contributed by atoms with van der Waals surface area (Å²) in [5, 5.41) is 7.24. The molecule has 4 aromatic rings. The third kappa shape index (κ3) is 6.89. The summed E-state index contributed by atoms with van der Waals surface area (Å²) >= 11 is 0.569. The molecule has 0 heterocycles. The van der Waals surface area contributed by atoms with Gasteiger partial charge in [-0.25, -0.2) is 5.40 Å². The summed E-state index contributed by atoms with van der Waals surface area (Å²) in [6, 6.07) is 44.0. The summed E-state index contributed by atoms with van der Waals surface area (Å²) in [5.74, 6) is 0. The van der Waals surface area contributed by atoms with Crippen molar-refractivity contribution in [3.05, 3.63) is 127 Å². The molecule has 4 aromatic carbocycles. The van der Waals surface area contributed by atoms with Crippen molar-refractivity contribution < 1.29 is 12.7 Å². The zero-order valence-electron chi connectivity index (χ0n) is 17.0. The van der Waals surface area contributed by atoms with Gasteiger partial charge in [-0.2, -0.15) is 22.8 Å². The van der Waals surface area contributed by atoms with Gasteiger partial charge in [0.2, 0.25) is 0 Å². The standard InChI is InChI=1S/C26H23P2.2ClH.Ni/c1-22(27(23-14-6-2-7-15-23)24-16-8-3-9-17-24)28(25-18-10-4-11-19-25)26-20-12-5-13-21-26;;;/h2-21H,1H3;2*1H;/q-1;;;+3/p-2. The zero-order valence-corrected chi connectivity index (χ0v) is 21.3. The first kappa shape index (κ1) is 24.5. The van der Waals surface area contributed by atoms with Crippen molar-refractivity contribution in [3.8, 4) is 0 Å². The van der Waals surface area contributed by atoms with Crippen LogP contribution in [0.15, 0.2) is 121 Å². The third-order valence-electron chi connectivity index (χ3n) is 4.70. The van der Waals surface area contributed by atoms with Crippen molar-refractivity contribution in [2.24, 2.45) is 0 Å². The van der Waals surface area contributed by atoms with Crippen LogP contribution in [0.5, 0.6) is 0 Å². The molecule has 4 rings (SSSR count). The number of benzene rings is 4. The van der Waals surface area contributed by atoms with Gasteiger partial charge in [-0.05, 0) is 0 Å². The third-order valence-corrected chi connectivity index (χ3v) is 10.5. The van der Waals surface area contributed by atoms with E-state index in [0.29, 0.717) is 12.7 Å². The molecule has 0 aliphatic rings. The molecular formula is C26H23Cl2NiP2. The predicted octanol–water partition coefficient (Wildman–Crippen LogP) is 7.14. The Bertz CT molecular complexity index is 841. The van der Waals surface area contributed by atoms with Gasteiger partial charge in [-0.3, -0.25) is 0 Å². The second kappa shape index (κ2) is 13.4. The molecule has 0 N–H and O–H groups in total. The van der Waals surface area contributed by atoms with Crippen LogP contribution in [0.1, 0.15) is 6.92 Å². The Kier molecular flexibility index (Phi) is 10.6. The molecule has 0 spiro atoms. The van der Waals surface area contributed by atoms with Crippen LogP contribution in [0.2, 0.25) is 0 Å². The Hall–Kier alpha value is -1.19. The Morgan fingerprint density at radius 1 is 0.484 bits per heavy atom. The first-order valence-electron chi connectivity index (χ1n) is 9.72. The zero-order chi connectivity index (χ0) is 21.9. The van der Waals surface area contributed by atoms with E-state index in [4.69, 9.17) is 20.4 Å². The molecule has 5 heteroatoms. The number of hydrogen-bond acceptors (Lipinski definition) is 0. The maximum atomic E-state index is 4.70. The summed E-state index contributed by atoms with van der Waals surface area (Å²) < 4.78 is 0. The van der Waals surface area contributed by atoms with Crippen molar-refractivity contribution in [3.63, 3.8) is 0 Å². The van der Waals surface area contributed by atoms with Crippen molar-refractivity contribution >= 4 is 57.4 Å². The van der Waals surface area contributed by atoms with E-state index < -0.39 is 15.8 Å². The van der Waals surface area contributed by atoms with E-state index in [1.807, 2.05) is 0 Å². The fraction of sp³-hybridized carbons (Fsp3) is 0.0385. The molecule has 31 heavy (non-hydrogen) atoms. The molecule has 0 saturated carbocycles. The van der Waals surface area contributed by atoms with Crippen LogP contribution in [-0.4, -0.2) is 0 Å². The minimum absolute atomic E-state index is 0.553. The molecule has 0 amide bonds. The van der Waals surface area contributed by atoms with Gasteiger partial charge in [0.05, 0.1) is 0 Å². The molecule has 0 fully saturated rings. The molecule has 0 aliphatic heterocycles. The summed E-state index contributed by atoms with van der Waals surface area (Å²) in [4.78, 5) is 0. The number of halogens is 2. The van der Waals surface area contributed by atoms with E-state index >= 15 is 0 Å². The van der Waals surface area contributed by atoms with Crippen LogP contribution in [0.4, 0.5) is 0 Å². The molecule has 0 bridgehead atoms. The molecule has 0 nitrogen and oxygen atoms in total. The SMILES string of the molecule is C[C-](P(c1ccccc1)c1ccccc1)P(c1ccccc1)c1ccccc1.[Cl][Ni+][Cl]. The maximum absolute atomic E-state index is 4.70. The van der Waals surface area contributed by atoms with E-state index in [0.717, 1.165) is 0 Å². The summed E-state index contributed by atoms with van der Waals surface area (Å²) in [6.45, 7) is 2.37. The van der Waals surface area contributed by atoms with Gasteiger partial charge in [0.15, 0.2) is 0 Å². The van der Waals surface area contributed by atoms with Gasteiger partial charge < -0.3 is 0 Å². The molecule has 0 unspecified atom stereocenters. The van der Waals surface area contributed by atoms with Crippen LogP contribution in [-0.2, 0) is 12.7 Å². The normalized spacial score (nSPS) is 10.9. The average molecular weight is 527 g/mol. The van der Waals surface area contributed by atoms with Gasteiger partial charge in [0, 0.05) is 0 Å². The molecule has 0 atom stereocenters. The fourth-order valence-corrected chi connectivity index (χ4v) is 9.61. The molecule has 161 valence electrons. The second-order valence-electron chi connectivity index (χ2n) is 6.61. The van der Waals surface area contributed by atoms with E-state index in [2.05, 4.69) is 128 Å². The fourth-order valence-electron chi connectivity index (χ4n) is 3.45. The van der Waals surface area contributed by atoms with Gasteiger partial charge in [-0.1, -0.05) is 143 Å². The summed E-state index contributed by atoms with van der Waals surface area (Å²) in [6.07, 6.45) is 0. The Morgan fingerprint density at radius 3 is 0.871 bits per heavy atom. The molecule has 0 aliphatic carbocycles. The van der Waals surface area contributed by atoms with Crippen LogP contribution in [0.25, 0.3) is 0 Å². The van der Waals surface area contributed by atoms with Crippen LogP contribution >= 0.6 is 36.2 Å². The Balaban J connectivity index is 0.000000858. The number of rotatable bonds is 6. The quantitative estimate of drug-likeness (QED) is 0.142. The van der Waals surface area contributed by atoms with Crippen LogP contribution < -0.4 is 21.2 Å². The van der Waals surface area contributed by atoms with E-state index in [9.17, 15) is 0 Å². The van der Waals surface area contributed by atoms with Crippen LogP contribution in [0, 0.1) is 5.40 Å². The van der Waals surface area contributed by atoms with Crippen molar-refractivity contribution in [2.45, 2.75) is 6.92 Å². The monoisotopic (exact) mass is 525 g/mol. The van der Waals surface area contributed by atoms with E-state index in [1.54, 1.807) is 5.40 Å². The molecule has 0 radical (unpaired) electrons. The Labute approximate surface area is 202 Å². The summed E-state index contributed by atoms with van der Waals surface area (Å²) in [7, 11) is 8.30. The topological polar surface area (TPSA) is 0 Å². The molecular weight excluding hydrogens is 504 g/mol. The first-order valence-corrected chi connectivity index (χ1v) is 15.1.